The van der Waals surface area contributed by atoms with Gasteiger partial charge in [-0.2, -0.15) is 0 Å². The number of carbonyl (C=O) groups excluding carboxylic acids is 3. The lowest BCUT2D eigenvalue weighted by atomic mass is 10.2. The maximum atomic E-state index is 11.6. The third-order valence-electron chi connectivity index (χ3n) is 3.91. The number of hydrogen-bond donors (Lipinski definition) is 2. The highest BCUT2D eigenvalue weighted by molar-refractivity contribution is 5.77. The smallest absolute Gasteiger partial charge is 0.407 e. The number of hydrogen-bond acceptors (Lipinski definition) is 6. The molecule has 0 saturated heterocycles. The highest BCUT2D eigenvalue weighted by Crippen LogP contribution is 2.01. The molecule has 2 amide bonds. The molecule has 2 rings (SSSR count). The molecular weight excluding hydrogens is 388 g/mol. The van der Waals surface area contributed by atoms with E-state index >= 15 is 0 Å². The van der Waals surface area contributed by atoms with E-state index in [0.29, 0.717) is 19.4 Å². The second-order valence-corrected chi connectivity index (χ2v) is 6.33. The molecular formula is C22H26N2O6. The van der Waals surface area contributed by atoms with Crippen LogP contribution in [0.15, 0.2) is 60.7 Å². The van der Waals surface area contributed by atoms with E-state index in [0.717, 1.165) is 11.1 Å². The van der Waals surface area contributed by atoms with E-state index in [1.807, 2.05) is 60.7 Å². The van der Waals surface area contributed by atoms with Gasteiger partial charge in [0.15, 0.2) is 0 Å². The van der Waals surface area contributed by atoms with Crippen LogP contribution in [0.25, 0.3) is 0 Å². The molecule has 2 aromatic carbocycles. The standard InChI is InChI=1S/C22H26N2O6/c25-20(15-24-22(27)30-17-19-11-5-2-6-12-19)28-14-8-7-13-23-21(26)29-16-18-9-3-1-4-10-18/h1-6,9-12H,7-8,13-17H2,(H,23,26)(H,24,27). The van der Waals surface area contributed by atoms with Gasteiger partial charge < -0.3 is 24.8 Å². The van der Waals surface area contributed by atoms with Crippen molar-refractivity contribution in [2.75, 3.05) is 19.7 Å². The SMILES string of the molecule is O=C(CNC(=O)OCc1ccccc1)OCCCCNC(=O)OCc1ccccc1. The van der Waals surface area contributed by atoms with Gasteiger partial charge in [0.25, 0.3) is 0 Å². The summed E-state index contributed by atoms with van der Waals surface area (Å²) in [6, 6.07) is 18.6. The molecule has 0 radical (unpaired) electrons. The molecule has 0 saturated carbocycles. The Morgan fingerprint density at radius 1 is 0.667 bits per heavy atom. The summed E-state index contributed by atoms with van der Waals surface area (Å²) in [7, 11) is 0. The van der Waals surface area contributed by atoms with Gasteiger partial charge in [-0.3, -0.25) is 4.79 Å². The third kappa shape index (κ3) is 10.1. The summed E-state index contributed by atoms with van der Waals surface area (Å²) < 4.78 is 15.1. The molecule has 0 bridgehead atoms. The van der Waals surface area contributed by atoms with Gasteiger partial charge in [0.1, 0.15) is 19.8 Å². The molecule has 0 aliphatic heterocycles. The lowest BCUT2D eigenvalue weighted by Gasteiger charge is -2.08. The van der Waals surface area contributed by atoms with Crippen LogP contribution < -0.4 is 10.6 Å². The Labute approximate surface area is 175 Å². The molecule has 2 N–H and O–H groups in total. The number of amides is 2. The molecule has 0 unspecified atom stereocenters. The van der Waals surface area contributed by atoms with E-state index in [-0.39, 0.29) is 26.4 Å². The highest BCUT2D eigenvalue weighted by atomic mass is 16.6. The van der Waals surface area contributed by atoms with Crippen molar-refractivity contribution in [2.45, 2.75) is 26.1 Å². The minimum absolute atomic E-state index is 0.127. The van der Waals surface area contributed by atoms with Crippen molar-refractivity contribution in [3.63, 3.8) is 0 Å². The van der Waals surface area contributed by atoms with Gasteiger partial charge in [-0.25, -0.2) is 9.59 Å². The molecule has 2 aromatic rings. The number of unbranched alkanes of at least 4 members (excludes halogenated alkanes) is 1. The quantitative estimate of drug-likeness (QED) is 0.333. The summed E-state index contributed by atoms with van der Waals surface area (Å²) >= 11 is 0. The van der Waals surface area contributed by atoms with Gasteiger partial charge in [-0.05, 0) is 24.0 Å². The van der Waals surface area contributed by atoms with Crippen LogP contribution >= 0.6 is 0 Å². The number of carbonyl (C=O) groups is 3. The summed E-state index contributed by atoms with van der Waals surface area (Å²) in [6.07, 6.45) is 0.0201. The molecule has 0 aromatic heterocycles. The average molecular weight is 414 g/mol. The van der Waals surface area contributed by atoms with Crippen LogP contribution in [0.4, 0.5) is 9.59 Å². The Balaban J connectivity index is 1.43. The van der Waals surface area contributed by atoms with Gasteiger partial charge in [-0.1, -0.05) is 60.7 Å². The van der Waals surface area contributed by atoms with E-state index in [1.54, 1.807) is 0 Å². The van der Waals surface area contributed by atoms with E-state index in [2.05, 4.69) is 10.6 Å². The lowest BCUT2D eigenvalue weighted by molar-refractivity contribution is -0.142. The number of alkyl carbamates (subject to hydrolysis) is 2. The number of ether oxygens (including phenoxy) is 3. The number of esters is 1. The van der Waals surface area contributed by atoms with Crippen molar-refractivity contribution in [3.05, 3.63) is 71.8 Å². The first kappa shape index (κ1) is 22.7. The first-order valence-corrected chi connectivity index (χ1v) is 9.68. The Morgan fingerprint density at radius 2 is 1.20 bits per heavy atom. The average Bonchev–Trinajstić information content (AvgIpc) is 2.78. The highest BCUT2D eigenvalue weighted by Gasteiger charge is 2.08. The zero-order valence-electron chi connectivity index (χ0n) is 16.7. The van der Waals surface area contributed by atoms with Crippen molar-refractivity contribution >= 4 is 18.2 Å². The molecule has 0 aliphatic rings. The minimum Gasteiger partial charge on any atom is -0.464 e. The first-order valence-electron chi connectivity index (χ1n) is 9.68. The molecule has 0 atom stereocenters. The molecule has 160 valence electrons. The summed E-state index contributed by atoms with van der Waals surface area (Å²) in [6.45, 7) is 0.681. The lowest BCUT2D eigenvalue weighted by Crippen LogP contribution is -2.31. The zero-order valence-corrected chi connectivity index (χ0v) is 16.7. The second-order valence-electron chi connectivity index (χ2n) is 6.33. The van der Waals surface area contributed by atoms with E-state index in [4.69, 9.17) is 14.2 Å². The van der Waals surface area contributed by atoms with Gasteiger partial charge in [0.05, 0.1) is 6.61 Å². The second kappa shape index (κ2) is 13.6. The Kier molecular flexibility index (Phi) is 10.3. The summed E-state index contributed by atoms with van der Waals surface area (Å²) in [4.78, 5) is 34.7. The van der Waals surface area contributed by atoms with Crippen LogP contribution in [-0.2, 0) is 32.2 Å². The van der Waals surface area contributed by atoms with E-state index < -0.39 is 18.2 Å². The van der Waals surface area contributed by atoms with Crippen molar-refractivity contribution in [1.29, 1.82) is 0 Å². The summed E-state index contributed by atoms with van der Waals surface area (Å²) in [5, 5.41) is 4.97. The van der Waals surface area contributed by atoms with Crippen LogP contribution in [0.1, 0.15) is 24.0 Å². The Morgan fingerprint density at radius 3 is 1.77 bits per heavy atom. The third-order valence-corrected chi connectivity index (χ3v) is 3.91. The number of rotatable bonds is 11. The number of nitrogens with one attached hydrogen (secondary N) is 2. The van der Waals surface area contributed by atoms with Gasteiger partial charge in [-0.15, -0.1) is 0 Å². The summed E-state index contributed by atoms with van der Waals surface area (Å²) in [5.74, 6) is -0.554. The van der Waals surface area contributed by atoms with Crippen molar-refractivity contribution in [3.8, 4) is 0 Å². The van der Waals surface area contributed by atoms with Gasteiger partial charge in [0.2, 0.25) is 0 Å². The predicted molar refractivity (Wildman–Crippen MR) is 109 cm³/mol. The summed E-state index contributed by atoms with van der Waals surface area (Å²) in [5.41, 5.74) is 1.77. The minimum atomic E-state index is -0.686. The number of benzene rings is 2. The van der Waals surface area contributed by atoms with Crippen molar-refractivity contribution in [2.24, 2.45) is 0 Å². The Hall–Kier alpha value is -3.55. The molecule has 0 heterocycles. The maximum Gasteiger partial charge on any atom is 0.407 e. The normalized spacial score (nSPS) is 10.0. The van der Waals surface area contributed by atoms with Crippen LogP contribution in [0.2, 0.25) is 0 Å². The maximum absolute atomic E-state index is 11.6. The molecule has 0 fully saturated rings. The fourth-order valence-corrected chi connectivity index (χ4v) is 2.35. The van der Waals surface area contributed by atoms with E-state index in [1.165, 1.54) is 0 Å². The van der Waals surface area contributed by atoms with Gasteiger partial charge in [0, 0.05) is 6.54 Å². The monoisotopic (exact) mass is 414 g/mol. The van der Waals surface area contributed by atoms with Crippen LogP contribution in [0, 0.1) is 0 Å². The van der Waals surface area contributed by atoms with Crippen LogP contribution in [0.5, 0.6) is 0 Å². The zero-order chi connectivity index (χ0) is 21.4. The van der Waals surface area contributed by atoms with Crippen LogP contribution in [-0.4, -0.2) is 37.9 Å². The molecule has 8 nitrogen and oxygen atoms in total. The first-order chi connectivity index (χ1) is 14.6. The molecule has 8 heteroatoms. The molecule has 30 heavy (non-hydrogen) atoms. The van der Waals surface area contributed by atoms with Crippen LogP contribution in [0.3, 0.4) is 0 Å². The fraction of sp³-hybridized carbons (Fsp3) is 0.318. The van der Waals surface area contributed by atoms with Crippen molar-refractivity contribution < 1.29 is 28.6 Å². The van der Waals surface area contributed by atoms with Crippen molar-refractivity contribution in [1.82, 2.24) is 10.6 Å². The van der Waals surface area contributed by atoms with Gasteiger partial charge >= 0.3 is 18.2 Å². The Bertz CT molecular complexity index is 783. The molecule has 0 aliphatic carbocycles. The fourth-order valence-electron chi connectivity index (χ4n) is 2.35. The predicted octanol–water partition coefficient (Wildman–Crippen LogP) is 3.16. The van der Waals surface area contributed by atoms with E-state index in [9.17, 15) is 14.4 Å². The topological polar surface area (TPSA) is 103 Å². The molecule has 0 spiro atoms. The largest absolute Gasteiger partial charge is 0.464 e.